The average Bonchev–Trinajstić information content (AvgIpc) is 3.26. The Morgan fingerprint density at radius 3 is 2.48 bits per heavy atom. The van der Waals surface area contributed by atoms with Crippen LogP contribution in [0.2, 0.25) is 0 Å². The molecular weight excluding hydrogens is 525 g/mol. The van der Waals surface area contributed by atoms with Crippen LogP contribution < -0.4 is 10.6 Å². The molecule has 11 heteroatoms. The first-order valence-electron chi connectivity index (χ1n) is 9.28. The highest BCUT2D eigenvalue weighted by Gasteiger charge is 2.23. The summed E-state index contributed by atoms with van der Waals surface area (Å²) in [5, 5.41) is 6.37. The van der Waals surface area contributed by atoms with Crippen LogP contribution in [0.4, 0.5) is 0 Å². The van der Waals surface area contributed by atoms with Crippen molar-refractivity contribution in [3.05, 3.63) is 34.4 Å². The standard InChI is InChI=1S/C18H29N5O3S2.HI/c1-6-23(7-2)28(24,25)17-9-8-15(27-17)10-11-20-18(19-5)21-12-16-22-13(3)14(4)26-16;/h8-9H,6-7,10-12H2,1-5H3,(H2,19,20,21);1H. The van der Waals surface area contributed by atoms with Crippen molar-refractivity contribution in [1.29, 1.82) is 0 Å². The van der Waals surface area contributed by atoms with Gasteiger partial charge in [-0.1, -0.05) is 13.8 Å². The highest BCUT2D eigenvalue weighted by Crippen LogP contribution is 2.25. The third-order valence-corrected chi connectivity index (χ3v) is 7.97. The number of guanidine groups is 1. The molecule has 29 heavy (non-hydrogen) atoms. The fourth-order valence-corrected chi connectivity index (χ4v) is 5.59. The monoisotopic (exact) mass is 555 g/mol. The zero-order chi connectivity index (χ0) is 20.7. The quantitative estimate of drug-likeness (QED) is 0.281. The Balaban J connectivity index is 0.00000420. The summed E-state index contributed by atoms with van der Waals surface area (Å²) in [6.07, 6.45) is 0.705. The van der Waals surface area contributed by atoms with Crippen LogP contribution in [-0.4, -0.2) is 50.3 Å². The number of sulfonamides is 1. The van der Waals surface area contributed by atoms with Crippen molar-refractivity contribution in [2.75, 3.05) is 26.7 Å². The van der Waals surface area contributed by atoms with Gasteiger partial charge in [0, 0.05) is 31.6 Å². The molecule has 0 radical (unpaired) electrons. The van der Waals surface area contributed by atoms with Crippen LogP contribution in [-0.2, 0) is 23.0 Å². The van der Waals surface area contributed by atoms with Crippen LogP contribution in [0.5, 0.6) is 0 Å². The first-order valence-corrected chi connectivity index (χ1v) is 11.5. The molecule has 0 aliphatic carbocycles. The van der Waals surface area contributed by atoms with E-state index in [4.69, 9.17) is 4.42 Å². The van der Waals surface area contributed by atoms with Crippen LogP contribution in [0.15, 0.2) is 25.8 Å². The van der Waals surface area contributed by atoms with E-state index in [1.165, 1.54) is 15.6 Å². The predicted octanol–water partition coefficient (Wildman–Crippen LogP) is 2.91. The number of rotatable bonds is 9. The number of hydrogen-bond acceptors (Lipinski definition) is 6. The molecule has 0 unspecified atom stereocenters. The van der Waals surface area contributed by atoms with Crippen molar-refractivity contribution in [3.63, 3.8) is 0 Å². The van der Waals surface area contributed by atoms with Gasteiger partial charge in [-0.15, -0.1) is 35.3 Å². The number of halogens is 1. The Morgan fingerprint density at radius 2 is 1.93 bits per heavy atom. The maximum Gasteiger partial charge on any atom is 0.252 e. The molecule has 2 rings (SSSR count). The van der Waals surface area contributed by atoms with Gasteiger partial charge in [0.05, 0.1) is 12.2 Å². The van der Waals surface area contributed by atoms with E-state index in [1.807, 2.05) is 33.8 Å². The number of aliphatic imine (C=N–C) groups is 1. The number of aryl methyl sites for hydroxylation is 2. The van der Waals surface area contributed by atoms with E-state index in [2.05, 4.69) is 20.6 Å². The number of thiophene rings is 1. The first-order chi connectivity index (χ1) is 13.3. The van der Waals surface area contributed by atoms with Gasteiger partial charge in [-0.05, 0) is 32.4 Å². The van der Waals surface area contributed by atoms with Crippen molar-refractivity contribution in [2.45, 2.75) is 44.9 Å². The molecule has 0 aromatic carbocycles. The maximum absolute atomic E-state index is 12.6. The molecule has 8 nitrogen and oxygen atoms in total. The Bertz CT molecular complexity index is 885. The Hall–Kier alpha value is -1.18. The smallest absolute Gasteiger partial charge is 0.252 e. The normalized spacial score (nSPS) is 12.1. The molecule has 0 amide bonds. The molecule has 0 bridgehead atoms. The second kappa shape index (κ2) is 11.9. The van der Waals surface area contributed by atoms with Gasteiger partial charge in [-0.2, -0.15) is 4.31 Å². The minimum atomic E-state index is -3.39. The highest BCUT2D eigenvalue weighted by molar-refractivity contribution is 14.0. The molecule has 0 aliphatic rings. The molecule has 2 heterocycles. The molecule has 0 atom stereocenters. The molecule has 0 spiro atoms. The molecule has 0 saturated heterocycles. The zero-order valence-electron chi connectivity index (χ0n) is 17.5. The van der Waals surface area contributed by atoms with Crippen LogP contribution >= 0.6 is 35.3 Å². The lowest BCUT2D eigenvalue weighted by Crippen LogP contribution is -2.37. The third kappa shape index (κ3) is 6.93. The SMILES string of the molecule is CCN(CC)S(=O)(=O)c1ccc(CCNC(=NC)NCc2nc(C)c(C)o2)s1.I. The number of aromatic nitrogens is 1. The Morgan fingerprint density at radius 1 is 1.24 bits per heavy atom. The maximum atomic E-state index is 12.6. The van der Waals surface area contributed by atoms with Crippen molar-refractivity contribution in [1.82, 2.24) is 19.9 Å². The van der Waals surface area contributed by atoms with E-state index in [0.717, 1.165) is 16.3 Å². The summed E-state index contributed by atoms with van der Waals surface area (Å²) >= 11 is 1.32. The molecule has 2 N–H and O–H groups in total. The molecule has 0 aliphatic heterocycles. The van der Waals surface area contributed by atoms with E-state index >= 15 is 0 Å². The molecular formula is C18H30IN5O3S2. The summed E-state index contributed by atoms with van der Waals surface area (Å²) in [4.78, 5) is 9.51. The summed E-state index contributed by atoms with van der Waals surface area (Å²) in [6.45, 7) is 9.50. The van der Waals surface area contributed by atoms with Gasteiger partial charge in [0.2, 0.25) is 5.89 Å². The summed E-state index contributed by atoms with van der Waals surface area (Å²) in [6, 6.07) is 3.56. The Kier molecular flexibility index (Phi) is 10.6. The van der Waals surface area contributed by atoms with Gasteiger partial charge in [0.1, 0.15) is 9.97 Å². The van der Waals surface area contributed by atoms with Crippen molar-refractivity contribution in [3.8, 4) is 0 Å². The van der Waals surface area contributed by atoms with Crippen LogP contribution in [0.3, 0.4) is 0 Å². The average molecular weight is 556 g/mol. The molecule has 164 valence electrons. The van der Waals surface area contributed by atoms with Crippen molar-refractivity contribution < 1.29 is 12.8 Å². The van der Waals surface area contributed by atoms with E-state index in [0.29, 0.717) is 48.7 Å². The topological polar surface area (TPSA) is 99.8 Å². The molecule has 2 aromatic heterocycles. The highest BCUT2D eigenvalue weighted by atomic mass is 127. The lowest BCUT2D eigenvalue weighted by atomic mass is 10.3. The third-order valence-electron chi connectivity index (χ3n) is 4.30. The van der Waals surface area contributed by atoms with E-state index in [9.17, 15) is 8.42 Å². The summed E-state index contributed by atoms with van der Waals surface area (Å²) < 4.78 is 32.5. The van der Waals surface area contributed by atoms with Gasteiger partial charge in [0.15, 0.2) is 5.96 Å². The van der Waals surface area contributed by atoms with E-state index in [1.54, 1.807) is 13.1 Å². The minimum Gasteiger partial charge on any atom is -0.444 e. The summed E-state index contributed by atoms with van der Waals surface area (Å²) in [5.74, 6) is 2.07. The number of oxazole rings is 1. The van der Waals surface area contributed by atoms with E-state index in [-0.39, 0.29) is 24.0 Å². The fraction of sp³-hybridized carbons (Fsp3) is 0.556. The van der Waals surface area contributed by atoms with Crippen LogP contribution in [0.25, 0.3) is 0 Å². The second-order valence-electron chi connectivity index (χ2n) is 6.16. The van der Waals surface area contributed by atoms with Gasteiger partial charge in [-0.25, -0.2) is 13.4 Å². The zero-order valence-corrected chi connectivity index (χ0v) is 21.4. The summed E-state index contributed by atoms with van der Waals surface area (Å²) in [7, 11) is -1.69. The van der Waals surface area contributed by atoms with Crippen LogP contribution in [0, 0.1) is 13.8 Å². The van der Waals surface area contributed by atoms with Crippen molar-refractivity contribution >= 4 is 51.3 Å². The largest absolute Gasteiger partial charge is 0.444 e. The second-order valence-corrected chi connectivity index (χ2v) is 9.49. The van der Waals surface area contributed by atoms with Crippen LogP contribution in [0.1, 0.15) is 36.1 Å². The first kappa shape index (κ1) is 25.9. The number of nitrogens with zero attached hydrogens (tertiary/aromatic N) is 3. The lowest BCUT2D eigenvalue weighted by Gasteiger charge is -2.16. The van der Waals surface area contributed by atoms with Gasteiger partial charge in [-0.3, -0.25) is 4.99 Å². The Labute approximate surface area is 194 Å². The fourth-order valence-electron chi connectivity index (χ4n) is 2.62. The molecule has 0 fully saturated rings. The molecule has 2 aromatic rings. The molecule has 0 saturated carbocycles. The lowest BCUT2D eigenvalue weighted by molar-refractivity contribution is 0.447. The van der Waals surface area contributed by atoms with Crippen molar-refractivity contribution in [2.24, 2.45) is 4.99 Å². The number of nitrogens with one attached hydrogen (secondary N) is 2. The minimum absolute atomic E-state index is 0. The predicted molar refractivity (Wildman–Crippen MR) is 128 cm³/mol. The number of hydrogen-bond donors (Lipinski definition) is 2. The van der Waals surface area contributed by atoms with Gasteiger partial charge < -0.3 is 15.1 Å². The van der Waals surface area contributed by atoms with Gasteiger partial charge in [0.25, 0.3) is 10.0 Å². The van der Waals surface area contributed by atoms with E-state index < -0.39 is 10.0 Å². The summed E-state index contributed by atoms with van der Waals surface area (Å²) in [5.41, 5.74) is 0.882. The van der Waals surface area contributed by atoms with Gasteiger partial charge >= 0.3 is 0 Å².